The highest BCUT2D eigenvalue weighted by Crippen LogP contribution is 2.34. The van der Waals surface area contributed by atoms with Crippen LogP contribution < -0.4 is 19.5 Å². The molecule has 284 valence electrons. The number of nitrogens with one attached hydrogen (secondary N) is 1. The molecule has 0 spiro atoms. The summed E-state index contributed by atoms with van der Waals surface area (Å²) in [7, 11) is 1.67. The molecule has 0 saturated carbocycles. The summed E-state index contributed by atoms with van der Waals surface area (Å²) in [5.41, 5.74) is 7.63. The molecule has 1 aliphatic rings. The zero-order valence-electron chi connectivity index (χ0n) is 30.8. The summed E-state index contributed by atoms with van der Waals surface area (Å²) in [4.78, 5) is 21.8. The van der Waals surface area contributed by atoms with Crippen molar-refractivity contribution in [3.63, 3.8) is 0 Å². The number of piperazine rings is 1. The van der Waals surface area contributed by atoms with Crippen molar-refractivity contribution in [2.75, 3.05) is 45.2 Å². The molecule has 6 rings (SSSR count). The van der Waals surface area contributed by atoms with E-state index in [1.165, 1.54) is 16.7 Å². The van der Waals surface area contributed by atoms with Crippen molar-refractivity contribution in [2.24, 2.45) is 0 Å². The average Bonchev–Trinajstić information content (AvgIpc) is 3.17. The van der Waals surface area contributed by atoms with E-state index in [-0.39, 0.29) is 30.7 Å². The molecular weight excluding hydrogens is 743 g/mol. The van der Waals surface area contributed by atoms with Gasteiger partial charge >= 0.3 is 0 Å². The number of aryl methyl sites for hydroxylation is 2. The maximum Gasteiger partial charge on any atom is 0.246 e. The van der Waals surface area contributed by atoms with Gasteiger partial charge in [0.25, 0.3) is 0 Å². The second-order valence-electron chi connectivity index (χ2n) is 13.0. The molecule has 1 amide bonds. The van der Waals surface area contributed by atoms with Gasteiger partial charge in [-0.2, -0.15) is 0 Å². The highest BCUT2D eigenvalue weighted by Gasteiger charge is 2.20. The Morgan fingerprint density at radius 2 is 1.50 bits per heavy atom. The van der Waals surface area contributed by atoms with Crippen LogP contribution in [0.15, 0.2) is 109 Å². The number of nitrogens with zero attached hydrogens (tertiary/aromatic N) is 3. The molecule has 0 aliphatic carbocycles. The molecule has 1 fully saturated rings. The minimum Gasteiger partial charge on any atom is -0.497 e. The topological polar surface area (TPSA) is 76.2 Å². The number of carbonyl (C=O) groups is 1. The Balaban J connectivity index is 0.00000325. The van der Waals surface area contributed by atoms with Crippen molar-refractivity contribution in [1.82, 2.24) is 14.8 Å². The summed E-state index contributed by atoms with van der Waals surface area (Å²) in [6, 6.07) is 32.4. The number of methoxy groups -OCH3 is 1. The summed E-state index contributed by atoms with van der Waals surface area (Å²) in [5.74, 6) is 2.44. The lowest BCUT2D eigenvalue weighted by Crippen LogP contribution is -2.47. The first kappa shape index (κ1) is 42.0. The Labute approximate surface area is 335 Å². The van der Waals surface area contributed by atoms with Crippen LogP contribution in [-0.4, -0.2) is 60.5 Å². The first-order valence-electron chi connectivity index (χ1n) is 17.6. The smallest absolute Gasteiger partial charge is 0.246 e. The van der Waals surface area contributed by atoms with Gasteiger partial charge in [0.2, 0.25) is 11.8 Å². The first-order chi connectivity index (χ1) is 25.3. The summed E-state index contributed by atoms with van der Waals surface area (Å²) in [6.07, 6.45) is 6.02. The van der Waals surface area contributed by atoms with Crippen molar-refractivity contribution in [3.05, 3.63) is 148 Å². The zero-order chi connectivity index (χ0) is 36.3. The van der Waals surface area contributed by atoms with Crippen LogP contribution in [0.3, 0.4) is 0 Å². The fourth-order valence-electron chi connectivity index (χ4n) is 5.98. The van der Waals surface area contributed by atoms with Crippen LogP contribution in [0, 0.1) is 13.8 Å². The van der Waals surface area contributed by atoms with Crippen LogP contribution in [0.2, 0.25) is 5.02 Å². The number of hydrogen-bond acceptors (Lipinski definition) is 7. The molecule has 1 aliphatic heterocycles. The zero-order valence-corrected chi connectivity index (χ0v) is 33.2. The number of pyridine rings is 1. The lowest BCUT2D eigenvalue weighted by Gasteiger charge is -2.34. The third-order valence-corrected chi connectivity index (χ3v) is 9.34. The molecule has 1 N–H and O–H groups in total. The normalized spacial score (nSPS) is 12.8. The van der Waals surface area contributed by atoms with Crippen LogP contribution in [-0.2, 0) is 24.4 Å². The van der Waals surface area contributed by atoms with E-state index < -0.39 is 0 Å². The van der Waals surface area contributed by atoms with E-state index in [4.69, 9.17) is 25.8 Å². The van der Waals surface area contributed by atoms with Crippen molar-refractivity contribution in [2.45, 2.75) is 33.4 Å². The number of anilines is 1. The molecule has 1 saturated heterocycles. The molecule has 8 nitrogen and oxygen atoms in total. The van der Waals surface area contributed by atoms with Gasteiger partial charge in [0.1, 0.15) is 18.1 Å². The van der Waals surface area contributed by atoms with Gasteiger partial charge in [-0.15, -0.1) is 24.8 Å². The van der Waals surface area contributed by atoms with E-state index >= 15 is 0 Å². The number of carbonyl (C=O) groups excluding carboxylic acids is 1. The fraction of sp³-hybridized carbons (Fsp3) is 0.256. The molecule has 11 heteroatoms. The SMILES string of the molecule is COc1ccc(NCCc2ccc(CN3CCN(C(=O)C=Cc4cc(C)c(Oc5ccc(OCc6ccc(C)cc6)cn5)c(Cl)c4)CC3)cc2)cc1.Cl.Cl. The van der Waals surface area contributed by atoms with Crippen molar-refractivity contribution in [1.29, 1.82) is 0 Å². The predicted molar refractivity (Wildman–Crippen MR) is 223 cm³/mol. The number of benzene rings is 4. The molecule has 2 heterocycles. The van der Waals surface area contributed by atoms with E-state index in [2.05, 4.69) is 70.7 Å². The fourth-order valence-corrected chi connectivity index (χ4v) is 6.29. The van der Waals surface area contributed by atoms with Gasteiger partial charge in [0.05, 0.1) is 18.3 Å². The first-order valence-corrected chi connectivity index (χ1v) is 18.0. The molecule has 5 aromatic rings. The van der Waals surface area contributed by atoms with Gasteiger partial charge in [-0.25, -0.2) is 4.98 Å². The lowest BCUT2D eigenvalue weighted by molar-refractivity contribution is -0.127. The molecule has 0 radical (unpaired) electrons. The Hall–Kier alpha value is -4.73. The van der Waals surface area contributed by atoms with Crippen LogP contribution in [0.1, 0.15) is 33.4 Å². The maximum absolute atomic E-state index is 13.1. The number of rotatable bonds is 14. The largest absolute Gasteiger partial charge is 0.497 e. The number of ether oxygens (including phenoxy) is 3. The van der Waals surface area contributed by atoms with Crippen LogP contribution in [0.5, 0.6) is 23.1 Å². The van der Waals surface area contributed by atoms with Crippen molar-refractivity contribution < 1.29 is 19.0 Å². The van der Waals surface area contributed by atoms with Crippen LogP contribution in [0.4, 0.5) is 5.69 Å². The van der Waals surface area contributed by atoms with Gasteiger partial charge in [-0.05, 0) is 96.6 Å². The molecular formula is C43H47Cl3N4O4. The highest BCUT2D eigenvalue weighted by atomic mass is 35.5. The van der Waals surface area contributed by atoms with Gasteiger partial charge in [0, 0.05) is 57.1 Å². The predicted octanol–water partition coefficient (Wildman–Crippen LogP) is 9.59. The number of halogens is 3. The minimum atomic E-state index is -0.00441. The minimum absolute atomic E-state index is 0. The van der Waals surface area contributed by atoms with Crippen molar-refractivity contribution >= 4 is 54.1 Å². The standard InChI is InChI=1S/C43H45ClN4O4.2ClH/c1-31-4-6-35(7-5-31)30-51-39-17-18-41(46-28-39)52-43-32(2)26-36(27-40(43)44)12-19-42(49)48-24-22-47(23-25-48)29-34-10-8-33(9-11-34)20-21-45-37-13-15-38(50-3)16-14-37;;/h4-19,26-28,45H,20-25,29-30H2,1-3H3;2*1H. The summed E-state index contributed by atoms with van der Waals surface area (Å²) < 4.78 is 17.1. The van der Waals surface area contributed by atoms with Crippen molar-refractivity contribution in [3.8, 4) is 23.1 Å². The Bertz CT molecular complexity index is 1920. The number of hydrogen-bond donors (Lipinski definition) is 1. The average molecular weight is 790 g/mol. The Morgan fingerprint density at radius 1 is 0.833 bits per heavy atom. The van der Waals surface area contributed by atoms with Crippen LogP contribution >= 0.6 is 36.4 Å². The summed E-state index contributed by atoms with van der Waals surface area (Å²) >= 11 is 6.64. The van der Waals surface area contributed by atoms with E-state index in [0.29, 0.717) is 42.1 Å². The van der Waals surface area contributed by atoms with Gasteiger partial charge < -0.3 is 24.4 Å². The lowest BCUT2D eigenvalue weighted by atomic mass is 10.1. The molecule has 54 heavy (non-hydrogen) atoms. The second kappa shape index (κ2) is 20.7. The third-order valence-electron chi connectivity index (χ3n) is 9.06. The molecule has 0 unspecified atom stereocenters. The Morgan fingerprint density at radius 3 is 2.15 bits per heavy atom. The molecule has 0 atom stereocenters. The third kappa shape index (κ3) is 12.1. The quantitative estimate of drug-likeness (QED) is 0.112. The van der Waals surface area contributed by atoms with E-state index in [1.54, 1.807) is 31.5 Å². The van der Waals surface area contributed by atoms with E-state index in [9.17, 15) is 4.79 Å². The van der Waals surface area contributed by atoms with Gasteiger partial charge in [0.15, 0.2) is 5.75 Å². The van der Waals surface area contributed by atoms with E-state index in [0.717, 1.165) is 60.7 Å². The monoisotopic (exact) mass is 788 g/mol. The van der Waals surface area contributed by atoms with Crippen LogP contribution in [0.25, 0.3) is 6.08 Å². The highest BCUT2D eigenvalue weighted by molar-refractivity contribution is 6.32. The molecule has 0 bridgehead atoms. The maximum atomic E-state index is 13.1. The van der Waals surface area contributed by atoms with Gasteiger partial charge in [-0.3, -0.25) is 9.69 Å². The second-order valence-corrected chi connectivity index (χ2v) is 13.4. The molecule has 4 aromatic carbocycles. The summed E-state index contributed by atoms with van der Waals surface area (Å²) in [5, 5.41) is 3.91. The summed E-state index contributed by atoms with van der Waals surface area (Å²) in [6.45, 7) is 9.22. The molecule has 1 aromatic heterocycles. The Kier molecular flexibility index (Phi) is 16.1. The van der Waals surface area contributed by atoms with E-state index in [1.807, 2.05) is 54.3 Å². The number of amides is 1. The van der Waals surface area contributed by atoms with Gasteiger partial charge in [-0.1, -0.05) is 65.7 Å². The number of aromatic nitrogens is 1.